The second-order valence-corrected chi connectivity index (χ2v) is 11.4. The molecule has 0 saturated carbocycles. The largest absolute Gasteiger partial charge is 0.494 e. The Morgan fingerprint density at radius 3 is 2.28 bits per heavy atom. The van der Waals surface area contributed by atoms with Crippen LogP contribution in [-0.4, -0.2) is 41.7 Å². The Labute approximate surface area is 268 Å². The average Bonchev–Trinajstić information content (AvgIpc) is 3.48. The Morgan fingerprint density at radius 1 is 0.957 bits per heavy atom. The van der Waals surface area contributed by atoms with Crippen LogP contribution in [0.15, 0.2) is 113 Å². The number of aliphatic hydroxyl groups is 1. The highest BCUT2D eigenvalue weighted by molar-refractivity contribution is 6.01. The number of hydrazine groups is 1. The van der Waals surface area contributed by atoms with Crippen molar-refractivity contribution in [2.45, 2.75) is 50.9 Å². The molecule has 0 spiro atoms. The Morgan fingerprint density at radius 2 is 1.61 bits per heavy atom. The van der Waals surface area contributed by atoms with Crippen LogP contribution in [-0.2, 0) is 22.5 Å². The zero-order valence-corrected chi connectivity index (χ0v) is 26.0. The van der Waals surface area contributed by atoms with Crippen LogP contribution in [0.1, 0.15) is 48.6 Å². The van der Waals surface area contributed by atoms with Crippen molar-refractivity contribution >= 4 is 11.8 Å². The lowest BCUT2D eigenvalue weighted by Gasteiger charge is -2.31. The zero-order chi connectivity index (χ0) is 32.4. The van der Waals surface area contributed by atoms with Gasteiger partial charge in [0.25, 0.3) is 5.91 Å². The minimum atomic E-state index is -1.42. The number of hydrogen-bond donors (Lipinski definition) is 3. The van der Waals surface area contributed by atoms with Crippen molar-refractivity contribution in [3.63, 3.8) is 0 Å². The molecular weight excluding hydrogens is 580 g/mol. The maximum absolute atomic E-state index is 14.4. The highest BCUT2D eigenvalue weighted by atomic mass is 16.5. The SMILES string of the molecule is CC(C)NNC(=O)[C@@]1(Cc2ccccc2CN=[N+]=[N-])N=C(c2ccc(OCCCO)cc2)O[C@H]1c1ccc(-c2ccccc2)cc1. The first-order valence-electron chi connectivity index (χ1n) is 15.3. The van der Waals surface area contributed by atoms with E-state index in [1.165, 1.54) is 0 Å². The van der Waals surface area contributed by atoms with E-state index >= 15 is 0 Å². The lowest BCUT2D eigenvalue weighted by Crippen LogP contribution is -2.55. The van der Waals surface area contributed by atoms with E-state index in [2.05, 4.69) is 33.0 Å². The fourth-order valence-corrected chi connectivity index (χ4v) is 5.36. The van der Waals surface area contributed by atoms with Gasteiger partial charge < -0.3 is 14.6 Å². The lowest BCUT2D eigenvalue weighted by atomic mass is 9.80. The first kappa shape index (κ1) is 32.2. The number of hydrogen-bond acceptors (Lipinski definition) is 7. The third-order valence-corrected chi connectivity index (χ3v) is 7.71. The summed E-state index contributed by atoms with van der Waals surface area (Å²) >= 11 is 0. The van der Waals surface area contributed by atoms with Gasteiger partial charge in [0.05, 0.1) is 13.2 Å². The van der Waals surface area contributed by atoms with Crippen molar-refractivity contribution in [2.75, 3.05) is 13.2 Å². The number of nitrogens with one attached hydrogen (secondary N) is 2. The van der Waals surface area contributed by atoms with E-state index in [0.717, 1.165) is 27.8 Å². The van der Waals surface area contributed by atoms with Crippen LogP contribution in [0.25, 0.3) is 21.6 Å². The summed E-state index contributed by atoms with van der Waals surface area (Å²) in [6.07, 6.45) is -0.0626. The van der Waals surface area contributed by atoms with Gasteiger partial charge in [-0.2, -0.15) is 0 Å². The van der Waals surface area contributed by atoms with Crippen LogP contribution in [0.2, 0.25) is 0 Å². The molecule has 0 fully saturated rings. The fraction of sp³-hybridized carbons (Fsp3) is 0.278. The molecule has 0 bridgehead atoms. The summed E-state index contributed by atoms with van der Waals surface area (Å²) < 4.78 is 12.4. The van der Waals surface area contributed by atoms with E-state index in [9.17, 15) is 4.79 Å². The molecule has 2 atom stereocenters. The lowest BCUT2D eigenvalue weighted by molar-refractivity contribution is -0.130. The van der Waals surface area contributed by atoms with E-state index in [4.69, 9.17) is 25.1 Å². The summed E-state index contributed by atoms with van der Waals surface area (Å²) in [7, 11) is 0. The summed E-state index contributed by atoms with van der Waals surface area (Å²) in [4.78, 5) is 22.4. The van der Waals surface area contributed by atoms with Gasteiger partial charge in [-0.05, 0) is 71.5 Å². The highest BCUT2D eigenvalue weighted by Gasteiger charge is 2.53. The van der Waals surface area contributed by atoms with Gasteiger partial charge in [0.1, 0.15) is 5.75 Å². The first-order chi connectivity index (χ1) is 22.4. The van der Waals surface area contributed by atoms with Crippen LogP contribution >= 0.6 is 0 Å². The van der Waals surface area contributed by atoms with Gasteiger partial charge in [-0.25, -0.2) is 10.4 Å². The fourth-order valence-electron chi connectivity index (χ4n) is 5.36. The van der Waals surface area contributed by atoms with E-state index < -0.39 is 11.6 Å². The van der Waals surface area contributed by atoms with Gasteiger partial charge in [-0.15, -0.1) is 0 Å². The van der Waals surface area contributed by atoms with E-state index in [1.807, 2.05) is 105 Å². The van der Waals surface area contributed by atoms with Gasteiger partial charge in [0.2, 0.25) is 5.90 Å². The topological polar surface area (TPSA) is 141 Å². The molecule has 0 aliphatic carbocycles. The number of rotatable bonds is 14. The normalized spacial score (nSPS) is 17.1. The molecule has 1 aliphatic rings. The Balaban J connectivity index is 1.60. The Hall–Kier alpha value is -5.15. The molecule has 1 heterocycles. The van der Waals surface area contributed by atoms with E-state index in [-0.39, 0.29) is 31.5 Å². The summed E-state index contributed by atoms with van der Waals surface area (Å²) in [5.41, 5.74) is 18.8. The molecule has 10 heteroatoms. The maximum Gasteiger partial charge on any atom is 0.266 e. The average molecular weight is 619 g/mol. The first-order valence-corrected chi connectivity index (χ1v) is 15.3. The molecule has 1 aliphatic heterocycles. The predicted molar refractivity (Wildman–Crippen MR) is 178 cm³/mol. The smallest absolute Gasteiger partial charge is 0.266 e. The summed E-state index contributed by atoms with van der Waals surface area (Å²) in [5, 5.41) is 12.9. The number of aliphatic imine (C=N–C) groups is 1. The standard InChI is InChI=1S/C36H38N6O4/c1-25(2)40-41-35(44)36(23-30-11-6-7-12-31(30)24-38-42-37)33(28-15-13-27(14-16-28)26-9-4-3-5-10-26)46-34(39-36)29-17-19-32(20-18-29)45-22-8-21-43/h3-7,9-20,25,33,40,43H,8,21-24H2,1-2H3,(H,41,44)/t33-,36-/m0/s1. The minimum Gasteiger partial charge on any atom is -0.494 e. The molecule has 4 aromatic carbocycles. The number of amides is 1. The molecule has 1 amide bonds. The zero-order valence-electron chi connectivity index (χ0n) is 26.0. The van der Waals surface area contributed by atoms with Gasteiger partial charge in [-0.1, -0.05) is 84.0 Å². The molecule has 0 saturated heterocycles. The molecule has 0 aromatic heterocycles. The van der Waals surface area contributed by atoms with Crippen molar-refractivity contribution in [3.8, 4) is 16.9 Å². The maximum atomic E-state index is 14.4. The van der Waals surface area contributed by atoms with Crippen molar-refractivity contribution < 1.29 is 19.4 Å². The molecule has 10 nitrogen and oxygen atoms in total. The summed E-state index contributed by atoms with van der Waals surface area (Å²) in [5.74, 6) is 0.628. The number of aliphatic hydroxyl groups excluding tert-OH is 1. The van der Waals surface area contributed by atoms with E-state index in [0.29, 0.717) is 30.2 Å². The molecule has 46 heavy (non-hydrogen) atoms. The van der Waals surface area contributed by atoms with Gasteiger partial charge in [0.15, 0.2) is 11.6 Å². The third-order valence-electron chi connectivity index (χ3n) is 7.71. The summed E-state index contributed by atoms with van der Waals surface area (Å²) in [6, 6.07) is 33.0. The van der Waals surface area contributed by atoms with Crippen molar-refractivity contribution in [3.05, 3.63) is 136 Å². The Kier molecular flexibility index (Phi) is 10.7. The van der Waals surface area contributed by atoms with E-state index in [1.54, 1.807) is 0 Å². The minimum absolute atomic E-state index is 0.0222. The molecule has 3 N–H and O–H groups in total. The predicted octanol–water partition coefficient (Wildman–Crippen LogP) is 6.45. The number of nitrogens with zero attached hydrogens (tertiary/aromatic N) is 4. The van der Waals surface area contributed by atoms with Gasteiger partial charge in [-0.3, -0.25) is 10.2 Å². The van der Waals surface area contributed by atoms with Crippen molar-refractivity contribution in [2.24, 2.45) is 10.1 Å². The molecule has 4 aromatic rings. The molecule has 0 unspecified atom stereocenters. The second kappa shape index (κ2) is 15.2. The molecular formula is C36H38N6O4. The molecule has 0 radical (unpaired) electrons. The van der Waals surface area contributed by atoms with Crippen molar-refractivity contribution in [1.82, 2.24) is 10.9 Å². The highest BCUT2D eigenvalue weighted by Crippen LogP contribution is 2.43. The second-order valence-electron chi connectivity index (χ2n) is 11.4. The van der Waals surface area contributed by atoms with Crippen molar-refractivity contribution in [1.29, 1.82) is 0 Å². The number of azide groups is 1. The third kappa shape index (κ3) is 7.55. The number of ether oxygens (including phenoxy) is 2. The van der Waals surface area contributed by atoms with Crippen LogP contribution in [0, 0.1) is 0 Å². The monoisotopic (exact) mass is 618 g/mol. The number of benzene rings is 4. The summed E-state index contributed by atoms with van der Waals surface area (Å²) in [6.45, 7) is 4.46. The van der Waals surface area contributed by atoms with Crippen LogP contribution < -0.4 is 15.6 Å². The number of carbonyl (C=O) groups excluding carboxylic acids is 1. The van der Waals surface area contributed by atoms with Crippen LogP contribution in [0.3, 0.4) is 0 Å². The van der Waals surface area contributed by atoms with Gasteiger partial charge >= 0.3 is 0 Å². The quantitative estimate of drug-likeness (QED) is 0.0489. The molecule has 236 valence electrons. The van der Waals surface area contributed by atoms with Crippen LogP contribution in [0.4, 0.5) is 0 Å². The van der Waals surface area contributed by atoms with Crippen LogP contribution in [0.5, 0.6) is 5.75 Å². The van der Waals surface area contributed by atoms with Gasteiger partial charge in [0, 0.05) is 36.0 Å². The Bertz CT molecular complexity index is 1690. The number of carbonyl (C=O) groups is 1. The molecule has 5 rings (SSSR count).